The molecule has 0 aliphatic carbocycles. The van der Waals surface area contributed by atoms with Gasteiger partial charge in [0.15, 0.2) is 0 Å². The van der Waals surface area contributed by atoms with Gasteiger partial charge in [0.1, 0.15) is 11.6 Å². The van der Waals surface area contributed by atoms with Crippen molar-refractivity contribution in [2.24, 2.45) is 0 Å². The quantitative estimate of drug-likeness (QED) is 0.654. The van der Waals surface area contributed by atoms with Crippen LogP contribution in [0.1, 0.15) is 64.5 Å². The summed E-state index contributed by atoms with van der Waals surface area (Å²) in [4.78, 5) is 0. The molecule has 0 amide bonds. The lowest BCUT2D eigenvalue weighted by Gasteiger charge is -2.20. The Labute approximate surface area is 122 Å². The van der Waals surface area contributed by atoms with Gasteiger partial charge in [0.05, 0.1) is 6.10 Å². The average Bonchev–Trinajstić information content (AvgIpc) is 2.44. The van der Waals surface area contributed by atoms with Crippen molar-refractivity contribution in [2.45, 2.75) is 65.0 Å². The zero-order valence-electron chi connectivity index (χ0n) is 13.2. The van der Waals surface area contributed by atoms with Crippen LogP contribution in [0.4, 0.5) is 4.39 Å². The molecule has 0 aliphatic rings. The number of nitrogens with one attached hydrogen (secondary N) is 1. The molecule has 2 atom stereocenters. The van der Waals surface area contributed by atoms with E-state index in [0.717, 1.165) is 17.7 Å². The molecule has 0 saturated carbocycles. The Morgan fingerprint density at radius 3 is 2.60 bits per heavy atom. The van der Waals surface area contributed by atoms with Gasteiger partial charge in [0.25, 0.3) is 0 Å². The van der Waals surface area contributed by atoms with E-state index >= 15 is 0 Å². The molecule has 0 saturated heterocycles. The Morgan fingerprint density at radius 2 is 1.95 bits per heavy atom. The van der Waals surface area contributed by atoms with Gasteiger partial charge in [-0.15, -0.1) is 0 Å². The third kappa shape index (κ3) is 5.49. The highest BCUT2D eigenvalue weighted by Crippen LogP contribution is 2.27. The van der Waals surface area contributed by atoms with Crippen LogP contribution < -0.4 is 10.1 Å². The molecule has 20 heavy (non-hydrogen) atoms. The van der Waals surface area contributed by atoms with Gasteiger partial charge in [-0.3, -0.25) is 0 Å². The molecule has 0 aliphatic heterocycles. The number of halogens is 1. The number of ether oxygens (including phenoxy) is 1. The first kappa shape index (κ1) is 17.0. The van der Waals surface area contributed by atoms with Gasteiger partial charge in [-0.2, -0.15) is 0 Å². The topological polar surface area (TPSA) is 21.3 Å². The van der Waals surface area contributed by atoms with Gasteiger partial charge in [-0.25, -0.2) is 4.39 Å². The number of hydrogen-bond donors (Lipinski definition) is 1. The zero-order valence-corrected chi connectivity index (χ0v) is 13.2. The number of unbranched alkanes of at least 4 members (excludes halogenated alkanes) is 3. The number of benzene rings is 1. The Kier molecular flexibility index (Phi) is 7.60. The molecule has 0 spiro atoms. The van der Waals surface area contributed by atoms with E-state index in [0.29, 0.717) is 0 Å². The first-order chi connectivity index (χ1) is 9.58. The summed E-state index contributed by atoms with van der Waals surface area (Å²) in [6.45, 7) is 6.31. The van der Waals surface area contributed by atoms with Crippen molar-refractivity contribution < 1.29 is 9.13 Å². The van der Waals surface area contributed by atoms with Crippen molar-refractivity contribution in [3.63, 3.8) is 0 Å². The van der Waals surface area contributed by atoms with Crippen LogP contribution in [0, 0.1) is 5.82 Å². The molecule has 1 N–H and O–H groups in total. The summed E-state index contributed by atoms with van der Waals surface area (Å²) in [6.07, 6.45) is 6.19. The van der Waals surface area contributed by atoms with Crippen LogP contribution in [0.15, 0.2) is 18.2 Å². The van der Waals surface area contributed by atoms with Gasteiger partial charge in [-0.1, -0.05) is 26.2 Å². The van der Waals surface area contributed by atoms with E-state index in [2.05, 4.69) is 19.2 Å². The maximum absolute atomic E-state index is 13.4. The van der Waals surface area contributed by atoms with E-state index in [9.17, 15) is 4.39 Å². The van der Waals surface area contributed by atoms with Crippen molar-refractivity contribution >= 4 is 0 Å². The van der Waals surface area contributed by atoms with Gasteiger partial charge in [0, 0.05) is 11.6 Å². The first-order valence-electron chi connectivity index (χ1n) is 7.71. The summed E-state index contributed by atoms with van der Waals surface area (Å²) in [5, 5.41) is 3.14. The standard InChI is InChI=1S/C17H28FNO/c1-5-6-7-8-9-13(2)20-17-11-10-15(18)12-16(17)14(3)19-4/h10-14,19H,5-9H2,1-4H3. The van der Waals surface area contributed by atoms with E-state index in [-0.39, 0.29) is 18.0 Å². The lowest BCUT2D eigenvalue weighted by molar-refractivity contribution is 0.203. The average molecular weight is 281 g/mol. The maximum Gasteiger partial charge on any atom is 0.124 e. The minimum Gasteiger partial charge on any atom is -0.490 e. The van der Waals surface area contributed by atoms with Gasteiger partial charge in [0.2, 0.25) is 0 Å². The lowest BCUT2D eigenvalue weighted by Crippen LogP contribution is -2.17. The van der Waals surface area contributed by atoms with Crippen molar-refractivity contribution in [1.82, 2.24) is 5.32 Å². The highest BCUT2D eigenvalue weighted by atomic mass is 19.1. The van der Waals surface area contributed by atoms with Crippen LogP contribution in [0.5, 0.6) is 5.75 Å². The third-order valence-corrected chi connectivity index (χ3v) is 3.66. The SMILES string of the molecule is CCCCCCC(C)Oc1ccc(F)cc1C(C)NC. The summed E-state index contributed by atoms with van der Waals surface area (Å²) in [5.41, 5.74) is 0.882. The molecular weight excluding hydrogens is 253 g/mol. The van der Waals surface area contributed by atoms with Gasteiger partial charge < -0.3 is 10.1 Å². The number of rotatable bonds is 9. The summed E-state index contributed by atoms with van der Waals surface area (Å²) < 4.78 is 19.4. The Morgan fingerprint density at radius 1 is 1.20 bits per heavy atom. The van der Waals surface area contributed by atoms with Gasteiger partial charge >= 0.3 is 0 Å². The fourth-order valence-corrected chi connectivity index (χ4v) is 2.25. The van der Waals surface area contributed by atoms with Crippen LogP contribution in [-0.2, 0) is 0 Å². The third-order valence-electron chi connectivity index (χ3n) is 3.66. The molecule has 2 nitrogen and oxygen atoms in total. The van der Waals surface area contributed by atoms with Crippen LogP contribution in [0.2, 0.25) is 0 Å². The van der Waals surface area contributed by atoms with Gasteiger partial charge in [-0.05, 0) is 51.9 Å². The highest BCUT2D eigenvalue weighted by Gasteiger charge is 2.13. The first-order valence-corrected chi connectivity index (χ1v) is 7.71. The Balaban J connectivity index is 2.61. The fourth-order valence-electron chi connectivity index (χ4n) is 2.25. The molecule has 0 aromatic heterocycles. The molecular formula is C17H28FNO. The van der Waals surface area contributed by atoms with Crippen LogP contribution >= 0.6 is 0 Å². The minimum absolute atomic E-state index is 0.0768. The van der Waals surface area contributed by atoms with Crippen LogP contribution in [-0.4, -0.2) is 13.2 Å². The molecule has 1 aromatic rings. The molecule has 0 fully saturated rings. The lowest BCUT2D eigenvalue weighted by atomic mass is 10.1. The van der Waals surface area contributed by atoms with Crippen molar-refractivity contribution in [1.29, 1.82) is 0 Å². The second-order valence-electron chi connectivity index (χ2n) is 5.47. The number of hydrogen-bond acceptors (Lipinski definition) is 2. The zero-order chi connectivity index (χ0) is 15.0. The summed E-state index contributed by atoms with van der Waals surface area (Å²) in [5.74, 6) is 0.571. The predicted octanol–water partition coefficient (Wildman–Crippen LogP) is 4.84. The molecule has 0 radical (unpaired) electrons. The largest absolute Gasteiger partial charge is 0.490 e. The monoisotopic (exact) mass is 281 g/mol. The molecule has 2 unspecified atom stereocenters. The van der Waals surface area contributed by atoms with Crippen molar-refractivity contribution in [2.75, 3.05) is 7.05 Å². The van der Waals surface area contributed by atoms with Crippen molar-refractivity contribution in [3.05, 3.63) is 29.6 Å². The second-order valence-corrected chi connectivity index (χ2v) is 5.47. The van der Waals surface area contributed by atoms with Crippen LogP contribution in [0.25, 0.3) is 0 Å². The molecule has 3 heteroatoms. The summed E-state index contributed by atoms with van der Waals surface area (Å²) in [7, 11) is 1.87. The predicted molar refractivity (Wildman–Crippen MR) is 82.7 cm³/mol. The van der Waals surface area contributed by atoms with E-state index in [4.69, 9.17) is 4.74 Å². The van der Waals surface area contributed by atoms with Crippen LogP contribution in [0.3, 0.4) is 0 Å². The summed E-state index contributed by atoms with van der Waals surface area (Å²) >= 11 is 0. The highest BCUT2D eigenvalue weighted by molar-refractivity contribution is 5.36. The summed E-state index contributed by atoms with van der Waals surface area (Å²) in [6, 6.07) is 4.83. The Hall–Kier alpha value is -1.09. The van der Waals surface area contributed by atoms with E-state index in [1.54, 1.807) is 12.1 Å². The van der Waals surface area contributed by atoms with E-state index in [1.165, 1.54) is 31.7 Å². The molecule has 0 bridgehead atoms. The normalized spacial score (nSPS) is 14.1. The smallest absolute Gasteiger partial charge is 0.124 e. The maximum atomic E-state index is 13.4. The second kappa shape index (κ2) is 8.96. The molecule has 0 heterocycles. The molecule has 1 rings (SSSR count). The van der Waals surface area contributed by atoms with E-state index in [1.807, 2.05) is 14.0 Å². The fraction of sp³-hybridized carbons (Fsp3) is 0.647. The molecule has 114 valence electrons. The van der Waals surface area contributed by atoms with Crippen molar-refractivity contribution in [3.8, 4) is 5.75 Å². The van der Waals surface area contributed by atoms with E-state index < -0.39 is 0 Å². The Bertz CT molecular complexity index is 395. The minimum atomic E-state index is -0.218. The molecule has 1 aromatic carbocycles.